The van der Waals surface area contributed by atoms with Crippen LogP contribution in [0.5, 0.6) is 0 Å². The van der Waals surface area contributed by atoms with Crippen LogP contribution < -0.4 is 5.32 Å². The number of sulfone groups is 1. The van der Waals surface area contributed by atoms with Crippen molar-refractivity contribution in [2.45, 2.75) is 4.90 Å². The molecule has 0 bridgehead atoms. The van der Waals surface area contributed by atoms with Crippen molar-refractivity contribution < 1.29 is 8.42 Å². The maximum absolute atomic E-state index is 11.6. The van der Waals surface area contributed by atoms with Crippen LogP contribution in [0.1, 0.15) is 0 Å². The monoisotopic (exact) mass is 272 g/mol. The van der Waals surface area contributed by atoms with Crippen LogP contribution >= 0.6 is 0 Å². The van der Waals surface area contributed by atoms with Crippen molar-refractivity contribution in [1.29, 1.82) is 5.26 Å². The van der Waals surface area contributed by atoms with Gasteiger partial charge in [-0.05, 0) is 23.8 Å². The molecule has 0 saturated carbocycles. The van der Waals surface area contributed by atoms with E-state index in [1.165, 1.54) is 6.26 Å². The topological polar surface area (TPSA) is 70.0 Å². The van der Waals surface area contributed by atoms with E-state index in [1.54, 1.807) is 24.3 Å². The Morgan fingerprint density at radius 2 is 1.84 bits per heavy atom. The fourth-order valence-corrected chi connectivity index (χ4v) is 2.47. The lowest BCUT2D eigenvalue weighted by molar-refractivity contribution is 0.602. The van der Waals surface area contributed by atoms with Crippen molar-refractivity contribution in [3.8, 4) is 17.3 Å². The third-order valence-corrected chi connectivity index (χ3v) is 3.80. The maximum atomic E-state index is 11.6. The molecule has 0 aliphatic rings. The van der Waals surface area contributed by atoms with Crippen molar-refractivity contribution in [1.82, 2.24) is 0 Å². The minimum atomic E-state index is -3.24. The summed E-state index contributed by atoms with van der Waals surface area (Å²) in [5.41, 5.74) is 2.19. The molecule has 2 rings (SSSR count). The molecule has 0 aliphatic carbocycles. The molecule has 0 spiro atoms. The molecule has 0 amide bonds. The smallest absolute Gasteiger partial charge is 0.181 e. The Balaban J connectivity index is 2.58. The highest BCUT2D eigenvalue weighted by Gasteiger charge is 2.10. The molecule has 0 saturated heterocycles. The van der Waals surface area contributed by atoms with E-state index >= 15 is 0 Å². The first-order valence-electron chi connectivity index (χ1n) is 5.57. The molecule has 0 aliphatic heterocycles. The molecule has 96 valence electrons. The first-order chi connectivity index (χ1) is 9.02. The number of para-hydroxylation sites is 1. The van der Waals surface area contributed by atoms with Gasteiger partial charge >= 0.3 is 0 Å². The van der Waals surface area contributed by atoms with Crippen molar-refractivity contribution >= 4 is 15.5 Å². The number of nitrogens with one attached hydrogen (secondary N) is 1. The zero-order valence-corrected chi connectivity index (χ0v) is 11.1. The van der Waals surface area contributed by atoms with E-state index in [-0.39, 0.29) is 4.90 Å². The van der Waals surface area contributed by atoms with Gasteiger partial charge in [0.25, 0.3) is 0 Å². The number of rotatable bonds is 3. The predicted octanol–water partition coefficient (Wildman–Crippen LogP) is 2.65. The first-order valence-corrected chi connectivity index (χ1v) is 7.46. The Hall–Kier alpha value is -2.32. The van der Waals surface area contributed by atoms with E-state index in [0.717, 1.165) is 11.1 Å². The van der Waals surface area contributed by atoms with Crippen LogP contribution in [0.25, 0.3) is 11.1 Å². The summed E-state index contributed by atoms with van der Waals surface area (Å²) < 4.78 is 23.1. The van der Waals surface area contributed by atoms with Crippen LogP contribution in [0.2, 0.25) is 0 Å². The zero-order chi connectivity index (χ0) is 13.9. The Morgan fingerprint density at radius 1 is 1.11 bits per heavy atom. The van der Waals surface area contributed by atoms with Crippen molar-refractivity contribution in [2.24, 2.45) is 0 Å². The highest BCUT2D eigenvalue weighted by Crippen LogP contribution is 2.29. The Labute approximate surface area is 112 Å². The number of nitrogens with zero attached hydrogens (tertiary/aromatic N) is 1. The second kappa shape index (κ2) is 5.12. The Morgan fingerprint density at radius 3 is 2.53 bits per heavy atom. The van der Waals surface area contributed by atoms with Gasteiger partial charge in [-0.1, -0.05) is 30.3 Å². The van der Waals surface area contributed by atoms with Crippen molar-refractivity contribution in [2.75, 3.05) is 11.6 Å². The Bertz CT molecular complexity index is 746. The molecule has 0 radical (unpaired) electrons. The standard InChI is InChI=1S/C14H12N2O2S/c1-19(17,18)12-6-4-5-11(9-12)13-7-2-3-8-14(13)16-10-15/h2-9,16H,1H3. The summed E-state index contributed by atoms with van der Waals surface area (Å²) in [4.78, 5) is 0.261. The average Bonchev–Trinajstić information content (AvgIpc) is 2.39. The summed E-state index contributed by atoms with van der Waals surface area (Å²) >= 11 is 0. The van der Waals surface area contributed by atoms with Crippen molar-refractivity contribution in [3.63, 3.8) is 0 Å². The SMILES string of the molecule is CS(=O)(=O)c1cccc(-c2ccccc2NC#N)c1. The summed E-state index contributed by atoms with van der Waals surface area (Å²) in [6.45, 7) is 0. The van der Waals surface area contributed by atoms with Crippen LogP contribution in [-0.2, 0) is 9.84 Å². The van der Waals surface area contributed by atoms with E-state index in [0.29, 0.717) is 5.69 Å². The molecule has 19 heavy (non-hydrogen) atoms. The minimum Gasteiger partial charge on any atom is -0.292 e. The van der Waals surface area contributed by atoms with Crippen LogP contribution in [-0.4, -0.2) is 14.7 Å². The van der Waals surface area contributed by atoms with E-state index < -0.39 is 9.84 Å². The second-order valence-electron chi connectivity index (χ2n) is 4.08. The van der Waals surface area contributed by atoms with Crippen LogP contribution in [0.4, 0.5) is 5.69 Å². The second-order valence-corrected chi connectivity index (χ2v) is 6.10. The van der Waals surface area contributed by atoms with Gasteiger partial charge in [0.15, 0.2) is 16.0 Å². The third-order valence-electron chi connectivity index (χ3n) is 2.69. The van der Waals surface area contributed by atoms with Crippen LogP contribution in [0.15, 0.2) is 53.4 Å². The van der Waals surface area contributed by atoms with E-state index in [9.17, 15) is 8.42 Å². The number of hydrogen-bond donors (Lipinski definition) is 1. The van der Waals surface area contributed by atoms with Gasteiger partial charge in [-0.2, -0.15) is 5.26 Å². The largest absolute Gasteiger partial charge is 0.292 e. The molecule has 4 nitrogen and oxygen atoms in total. The van der Waals surface area contributed by atoms with Gasteiger partial charge in [-0.3, -0.25) is 5.32 Å². The fourth-order valence-electron chi connectivity index (χ4n) is 1.80. The number of benzene rings is 2. The van der Waals surface area contributed by atoms with Crippen LogP contribution in [0, 0.1) is 11.5 Å². The number of nitriles is 1. The van der Waals surface area contributed by atoms with Gasteiger partial charge < -0.3 is 0 Å². The molecular formula is C14H12N2O2S. The highest BCUT2D eigenvalue weighted by atomic mass is 32.2. The highest BCUT2D eigenvalue weighted by molar-refractivity contribution is 7.90. The summed E-state index contributed by atoms with van der Waals surface area (Å²) in [6.07, 6.45) is 3.04. The molecule has 2 aromatic carbocycles. The molecular weight excluding hydrogens is 260 g/mol. The fraction of sp³-hybridized carbons (Fsp3) is 0.0714. The molecule has 0 fully saturated rings. The van der Waals surface area contributed by atoms with Gasteiger partial charge in [0.2, 0.25) is 0 Å². The summed E-state index contributed by atoms with van der Waals surface area (Å²) in [5.74, 6) is 0. The lowest BCUT2D eigenvalue weighted by Crippen LogP contribution is -1.97. The lowest BCUT2D eigenvalue weighted by atomic mass is 10.0. The molecule has 5 heteroatoms. The van der Waals surface area contributed by atoms with Gasteiger partial charge in [-0.25, -0.2) is 8.42 Å². The van der Waals surface area contributed by atoms with E-state index in [4.69, 9.17) is 5.26 Å². The quantitative estimate of drug-likeness (QED) is 0.689. The number of anilines is 1. The van der Waals surface area contributed by atoms with Crippen molar-refractivity contribution in [3.05, 3.63) is 48.5 Å². The van der Waals surface area contributed by atoms with E-state index in [1.807, 2.05) is 30.5 Å². The van der Waals surface area contributed by atoms with Gasteiger partial charge in [0.05, 0.1) is 10.6 Å². The van der Waals surface area contributed by atoms with E-state index in [2.05, 4.69) is 5.32 Å². The number of hydrogen-bond acceptors (Lipinski definition) is 4. The minimum absolute atomic E-state index is 0.261. The Kier molecular flexibility index (Phi) is 3.54. The molecule has 0 heterocycles. The molecule has 0 aromatic heterocycles. The van der Waals surface area contributed by atoms with Crippen LogP contribution in [0.3, 0.4) is 0 Å². The van der Waals surface area contributed by atoms with Gasteiger partial charge in [-0.15, -0.1) is 0 Å². The average molecular weight is 272 g/mol. The third kappa shape index (κ3) is 2.92. The predicted molar refractivity (Wildman–Crippen MR) is 74.2 cm³/mol. The molecule has 0 unspecified atom stereocenters. The first kappa shape index (κ1) is 13.1. The zero-order valence-electron chi connectivity index (χ0n) is 10.3. The molecule has 2 aromatic rings. The lowest BCUT2D eigenvalue weighted by Gasteiger charge is -2.08. The molecule has 0 atom stereocenters. The molecule has 1 N–H and O–H groups in total. The summed E-state index contributed by atoms with van der Waals surface area (Å²) in [7, 11) is -3.24. The maximum Gasteiger partial charge on any atom is 0.181 e. The van der Waals surface area contributed by atoms with Gasteiger partial charge in [0.1, 0.15) is 0 Å². The summed E-state index contributed by atoms with van der Waals surface area (Å²) in [6, 6.07) is 13.9. The summed E-state index contributed by atoms with van der Waals surface area (Å²) in [5, 5.41) is 11.3. The normalized spacial score (nSPS) is 10.7. The van der Waals surface area contributed by atoms with Gasteiger partial charge in [0, 0.05) is 11.8 Å².